The molecule has 0 saturated carbocycles. The number of ether oxygens (including phenoxy) is 1. The third kappa shape index (κ3) is 4.60. The molecule has 0 aliphatic carbocycles. The molecule has 2 aliphatic rings. The zero-order valence-corrected chi connectivity index (χ0v) is 15.0. The molecule has 3 rings (SSSR count). The van der Waals surface area contributed by atoms with E-state index >= 15 is 0 Å². The minimum atomic E-state index is -0.201. The highest BCUT2D eigenvalue weighted by Crippen LogP contribution is 2.21. The number of rotatable bonds is 6. The zero-order valence-electron chi connectivity index (χ0n) is 15.0. The van der Waals surface area contributed by atoms with Gasteiger partial charge < -0.3 is 9.64 Å². The van der Waals surface area contributed by atoms with Crippen LogP contribution in [0.1, 0.15) is 44.6 Å². The summed E-state index contributed by atoms with van der Waals surface area (Å²) in [6.07, 6.45) is 4.50. The summed E-state index contributed by atoms with van der Waals surface area (Å²) in [4.78, 5) is 28.9. The van der Waals surface area contributed by atoms with Gasteiger partial charge in [-0.3, -0.25) is 14.5 Å². The van der Waals surface area contributed by atoms with E-state index in [0.717, 1.165) is 44.3 Å². The van der Waals surface area contributed by atoms with E-state index in [9.17, 15) is 9.59 Å². The number of carbonyl (C=O) groups excluding carboxylic acids is 2. The molecular weight excluding hydrogens is 316 g/mol. The van der Waals surface area contributed by atoms with E-state index in [0.29, 0.717) is 25.6 Å². The van der Waals surface area contributed by atoms with Gasteiger partial charge in [-0.1, -0.05) is 30.3 Å². The Morgan fingerprint density at radius 3 is 2.60 bits per heavy atom. The first kappa shape index (κ1) is 17.9. The van der Waals surface area contributed by atoms with Gasteiger partial charge in [0.1, 0.15) is 12.6 Å². The standard InChI is InChI=1S/C20H28N2O3/c1-16-7-5-13-22(16)19(23)11-14-21-12-6-10-18(21)20(24)25-15-17-8-3-2-4-9-17/h2-4,8-9,16,18H,5-7,10-15H2,1H3/t16-,18+/m0/s1. The fraction of sp³-hybridized carbons (Fsp3) is 0.600. The Bertz CT molecular complexity index is 590. The molecule has 0 bridgehead atoms. The van der Waals surface area contributed by atoms with Gasteiger partial charge >= 0.3 is 5.97 Å². The molecule has 2 atom stereocenters. The number of hydrogen-bond donors (Lipinski definition) is 0. The van der Waals surface area contributed by atoms with Crippen molar-refractivity contribution >= 4 is 11.9 Å². The highest BCUT2D eigenvalue weighted by Gasteiger charge is 2.33. The highest BCUT2D eigenvalue weighted by molar-refractivity contribution is 5.78. The Morgan fingerprint density at radius 2 is 1.88 bits per heavy atom. The van der Waals surface area contributed by atoms with Crippen LogP contribution in [-0.2, 0) is 20.9 Å². The molecule has 5 nitrogen and oxygen atoms in total. The molecule has 0 unspecified atom stereocenters. The van der Waals surface area contributed by atoms with E-state index in [1.807, 2.05) is 35.2 Å². The second-order valence-electron chi connectivity index (χ2n) is 7.12. The molecule has 2 heterocycles. The summed E-state index contributed by atoms with van der Waals surface area (Å²) in [6, 6.07) is 9.89. The fourth-order valence-corrected chi connectivity index (χ4v) is 3.87. The molecule has 1 amide bonds. The molecular formula is C20H28N2O3. The lowest BCUT2D eigenvalue weighted by molar-refractivity contribution is -0.150. The van der Waals surface area contributed by atoms with E-state index in [-0.39, 0.29) is 17.9 Å². The van der Waals surface area contributed by atoms with Crippen molar-refractivity contribution in [1.82, 2.24) is 9.80 Å². The first-order valence-corrected chi connectivity index (χ1v) is 9.39. The molecule has 0 spiro atoms. The van der Waals surface area contributed by atoms with Crippen molar-refractivity contribution in [3.8, 4) is 0 Å². The van der Waals surface area contributed by atoms with Gasteiger partial charge in [0, 0.05) is 25.6 Å². The van der Waals surface area contributed by atoms with Crippen LogP contribution in [0.4, 0.5) is 0 Å². The number of amides is 1. The van der Waals surface area contributed by atoms with Gasteiger partial charge in [0.05, 0.1) is 0 Å². The van der Waals surface area contributed by atoms with Gasteiger partial charge in [-0.25, -0.2) is 0 Å². The van der Waals surface area contributed by atoms with Crippen molar-refractivity contribution in [2.45, 2.75) is 57.7 Å². The third-order valence-corrected chi connectivity index (χ3v) is 5.35. The predicted molar refractivity (Wildman–Crippen MR) is 95.9 cm³/mol. The Balaban J connectivity index is 1.46. The number of carbonyl (C=O) groups is 2. The number of nitrogens with zero attached hydrogens (tertiary/aromatic N) is 2. The van der Waals surface area contributed by atoms with Crippen LogP contribution in [0.2, 0.25) is 0 Å². The Morgan fingerprint density at radius 1 is 1.12 bits per heavy atom. The molecule has 1 aromatic carbocycles. The normalized spacial score (nSPS) is 23.8. The molecule has 2 fully saturated rings. The number of benzene rings is 1. The molecule has 0 aromatic heterocycles. The lowest BCUT2D eigenvalue weighted by Crippen LogP contribution is -2.41. The van der Waals surface area contributed by atoms with E-state index in [4.69, 9.17) is 4.74 Å². The molecule has 25 heavy (non-hydrogen) atoms. The number of hydrogen-bond acceptors (Lipinski definition) is 4. The second kappa shape index (κ2) is 8.48. The van der Waals surface area contributed by atoms with Gasteiger partial charge in [-0.05, 0) is 44.7 Å². The van der Waals surface area contributed by atoms with E-state index < -0.39 is 0 Å². The first-order valence-electron chi connectivity index (χ1n) is 9.39. The monoisotopic (exact) mass is 344 g/mol. The van der Waals surface area contributed by atoms with Crippen LogP contribution in [0.25, 0.3) is 0 Å². The number of esters is 1. The summed E-state index contributed by atoms with van der Waals surface area (Å²) in [6.45, 7) is 4.82. The van der Waals surface area contributed by atoms with Crippen LogP contribution >= 0.6 is 0 Å². The van der Waals surface area contributed by atoms with Crippen molar-refractivity contribution < 1.29 is 14.3 Å². The molecule has 0 N–H and O–H groups in total. The van der Waals surface area contributed by atoms with Crippen LogP contribution in [0.15, 0.2) is 30.3 Å². The van der Waals surface area contributed by atoms with Gasteiger partial charge in [0.15, 0.2) is 0 Å². The summed E-state index contributed by atoms with van der Waals surface area (Å²) < 4.78 is 5.49. The summed E-state index contributed by atoms with van der Waals surface area (Å²) in [5, 5.41) is 0. The van der Waals surface area contributed by atoms with Gasteiger partial charge in [0.25, 0.3) is 0 Å². The molecule has 2 saturated heterocycles. The van der Waals surface area contributed by atoms with Crippen molar-refractivity contribution in [2.24, 2.45) is 0 Å². The second-order valence-corrected chi connectivity index (χ2v) is 7.12. The molecule has 2 aliphatic heterocycles. The summed E-state index contributed by atoms with van der Waals surface area (Å²) in [5.74, 6) is 0.0524. The maximum Gasteiger partial charge on any atom is 0.323 e. The highest BCUT2D eigenvalue weighted by atomic mass is 16.5. The van der Waals surface area contributed by atoms with Gasteiger partial charge in [-0.2, -0.15) is 0 Å². The average Bonchev–Trinajstić information content (AvgIpc) is 3.27. The van der Waals surface area contributed by atoms with Crippen molar-refractivity contribution in [2.75, 3.05) is 19.6 Å². The fourth-order valence-electron chi connectivity index (χ4n) is 3.87. The van der Waals surface area contributed by atoms with Gasteiger partial charge in [-0.15, -0.1) is 0 Å². The minimum absolute atomic E-state index is 0.164. The number of likely N-dealkylation sites (tertiary alicyclic amines) is 2. The van der Waals surface area contributed by atoms with Crippen LogP contribution in [0.5, 0.6) is 0 Å². The molecule has 136 valence electrons. The lowest BCUT2D eigenvalue weighted by Gasteiger charge is -2.25. The van der Waals surface area contributed by atoms with E-state index in [1.54, 1.807) is 0 Å². The SMILES string of the molecule is C[C@H]1CCCN1C(=O)CCN1CCC[C@@H]1C(=O)OCc1ccccc1. The van der Waals surface area contributed by atoms with E-state index in [1.165, 1.54) is 0 Å². The van der Waals surface area contributed by atoms with E-state index in [2.05, 4.69) is 11.8 Å². The topological polar surface area (TPSA) is 49.9 Å². The maximum absolute atomic E-state index is 12.4. The van der Waals surface area contributed by atoms with Crippen molar-refractivity contribution in [3.05, 3.63) is 35.9 Å². The van der Waals surface area contributed by atoms with Crippen LogP contribution < -0.4 is 0 Å². The quantitative estimate of drug-likeness (QED) is 0.745. The average molecular weight is 344 g/mol. The largest absolute Gasteiger partial charge is 0.460 e. The smallest absolute Gasteiger partial charge is 0.323 e. The Labute approximate surface area is 149 Å². The molecule has 0 radical (unpaired) electrons. The van der Waals surface area contributed by atoms with Crippen LogP contribution in [0.3, 0.4) is 0 Å². The van der Waals surface area contributed by atoms with Crippen molar-refractivity contribution in [3.63, 3.8) is 0 Å². The lowest BCUT2D eigenvalue weighted by atomic mass is 10.2. The van der Waals surface area contributed by atoms with Crippen molar-refractivity contribution in [1.29, 1.82) is 0 Å². The maximum atomic E-state index is 12.4. The summed E-state index contributed by atoms with van der Waals surface area (Å²) >= 11 is 0. The third-order valence-electron chi connectivity index (χ3n) is 5.35. The molecule has 1 aromatic rings. The Kier molecular flexibility index (Phi) is 6.08. The summed E-state index contributed by atoms with van der Waals surface area (Å²) in [7, 11) is 0. The van der Waals surface area contributed by atoms with Gasteiger partial charge in [0.2, 0.25) is 5.91 Å². The Hall–Kier alpha value is -1.88. The minimum Gasteiger partial charge on any atom is -0.460 e. The summed E-state index contributed by atoms with van der Waals surface area (Å²) in [5.41, 5.74) is 0.999. The first-order chi connectivity index (χ1) is 12.1. The molecule has 5 heteroatoms. The van der Waals surface area contributed by atoms with Crippen LogP contribution in [0, 0.1) is 0 Å². The van der Waals surface area contributed by atoms with Crippen LogP contribution in [-0.4, -0.2) is 53.4 Å². The predicted octanol–water partition coefficient (Wildman–Crippen LogP) is 2.60. The zero-order chi connectivity index (χ0) is 17.6.